The maximum absolute atomic E-state index is 13.2. The van der Waals surface area contributed by atoms with Gasteiger partial charge in [0.05, 0.1) is 31.0 Å². The van der Waals surface area contributed by atoms with Gasteiger partial charge in [-0.15, -0.1) is 0 Å². The summed E-state index contributed by atoms with van der Waals surface area (Å²) >= 11 is 0. The first-order valence-electron chi connectivity index (χ1n) is 8.46. The summed E-state index contributed by atoms with van der Waals surface area (Å²) in [6.07, 6.45) is 1.51. The number of methoxy groups -OCH3 is 2. The summed E-state index contributed by atoms with van der Waals surface area (Å²) in [6.45, 7) is 3.92. The van der Waals surface area contributed by atoms with Crippen molar-refractivity contribution < 1.29 is 33.4 Å². The predicted molar refractivity (Wildman–Crippen MR) is 98.6 cm³/mol. The maximum Gasteiger partial charge on any atom is 0.339 e. The summed E-state index contributed by atoms with van der Waals surface area (Å²) in [5.74, 6) is -1.78. The van der Waals surface area contributed by atoms with E-state index in [1.807, 2.05) is 0 Å². The SMILES string of the molecule is COC(=O)C1(C)Nc2c(OC)cc3c(c(COC(C)=O)cn3C(C)=O)c2C1=O. The second-order valence-corrected chi connectivity index (χ2v) is 6.62. The zero-order chi connectivity index (χ0) is 20.8. The first-order valence-corrected chi connectivity index (χ1v) is 8.46. The van der Waals surface area contributed by atoms with E-state index in [-0.39, 0.29) is 18.1 Å². The van der Waals surface area contributed by atoms with E-state index in [1.54, 1.807) is 6.07 Å². The number of aromatic nitrogens is 1. The molecule has 28 heavy (non-hydrogen) atoms. The van der Waals surface area contributed by atoms with E-state index < -0.39 is 23.3 Å². The first-order chi connectivity index (χ1) is 13.2. The molecule has 1 aliphatic rings. The largest absolute Gasteiger partial charge is 0.494 e. The monoisotopic (exact) mass is 388 g/mol. The number of nitrogens with zero attached hydrogens (tertiary/aromatic N) is 1. The minimum atomic E-state index is -1.64. The van der Waals surface area contributed by atoms with E-state index in [2.05, 4.69) is 5.32 Å². The highest BCUT2D eigenvalue weighted by molar-refractivity contribution is 6.30. The molecule has 3 rings (SSSR count). The molecule has 1 aromatic carbocycles. The van der Waals surface area contributed by atoms with E-state index in [1.165, 1.54) is 45.8 Å². The van der Waals surface area contributed by atoms with Crippen LogP contribution in [0.5, 0.6) is 5.75 Å². The average molecular weight is 388 g/mol. The second kappa shape index (κ2) is 6.66. The second-order valence-electron chi connectivity index (χ2n) is 6.62. The first kappa shape index (κ1) is 19.4. The van der Waals surface area contributed by atoms with Crippen molar-refractivity contribution in [3.05, 3.63) is 23.4 Å². The summed E-state index contributed by atoms with van der Waals surface area (Å²) in [4.78, 5) is 48.9. The van der Waals surface area contributed by atoms with Crippen molar-refractivity contribution in [2.24, 2.45) is 0 Å². The number of nitrogens with one attached hydrogen (secondary N) is 1. The Balaban J connectivity index is 2.35. The molecule has 0 bridgehead atoms. The molecule has 1 atom stereocenters. The van der Waals surface area contributed by atoms with Gasteiger partial charge in [-0.3, -0.25) is 19.0 Å². The van der Waals surface area contributed by atoms with Crippen LogP contribution in [0.3, 0.4) is 0 Å². The highest BCUT2D eigenvalue weighted by atomic mass is 16.5. The van der Waals surface area contributed by atoms with E-state index >= 15 is 0 Å². The molecule has 2 aromatic rings. The molecule has 1 unspecified atom stereocenters. The van der Waals surface area contributed by atoms with Gasteiger partial charge >= 0.3 is 11.9 Å². The fraction of sp³-hybridized carbons (Fsp3) is 0.368. The van der Waals surface area contributed by atoms with Crippen molar-refractivity contribution in [2.45, 2.75) is 32.9 Å². The number of benzene rings is 1. The van der Waals surface area contributed by atoms with Crippen LogP contribution in [0.2, 0.25) is 0 Å². The number of carbonyl (C=O) groups is 4. The van der Waals surface area contributed by atoms with Crippen LogP contribution in [0.25, 0.3) is 10.9 Å². The number of carbonyl (C=O) groups excluding carboxylic acids is 4. The summed E-state index contributed by atoms with van der Waals surface area (Å²) in [5.41, 5.74) is -0.267. The van der Waals surface area contributed by atoms with E-state index in [4.69, 9.17) is 14.2 Å². The van der Waals surface area contributed by atoms with Crippen molar-refractivity contribution in [3.8, 4) is 5.75 Å². The fourth-order valence-corrected chi connectivity index (χ4v) is 3.42. The molecule has 0 amide bonds. The standard InChI is InChI=1S/C19H20N2O7/c1-9(22)21-7-11(8-28-10(2)23)14-12(21)6-13(26-4)16-15(14)17(24)19(3,20-16)18(25)27-5/h6-7,20H,8H2,1-5H3. The molecule has 9 heteroatoms. The molecule has 148 valence electrons. The molecule has 0 radical (unpaired) electrons. The Morgan fingerprint density at radius 3 is 2.43 bits per heavy atom. The van der Waals surface area contributed by atoms with Gasteiger partial charge in [0, 0.05) is 37.1 Å². The summed E-state index contributed by atoms with van der Waals surface area (Å²) in [7, 11) is 2.61. The molecule has 0 aliphatic carbocycles. The zero-order valence-electron chi connectivity index (χ0n) is 16.2. The minimum absolute atomic E-state index is 0.132. The van der Waals surface area contributed by atoms with Gasteiger partial charge in [0.1, 0.15) is 12.4 Å². The minimum Gasteiger partial charge on any atom is -0.494 e. The van der Waals surface area contributed by atoms with Gasteiger partial charge in [-0.2, -0.15) is 0 Å². The van der Waals surface area contributed by atoms with Crippen molar-refractivity contribution >= 4 is 40.2 Å². The van der Waals surface area contributed by atoms with Crippen molar-refractivity contribution in [1.29, 1.82) is 0 Å². The molecule has 2 heterocycles. The van der Waals surface area contributed by atoms with Crippen LogP contribution in [0, 0.1) is 0 Å². The molecule has 1 N–H and O–H groups in total. The lowest BCUT2D eigenvalue weighted by Crippen LogP contribution is -2.47. The molecule has 0 saturated heterocycles. The third-order valence-electron chi connectivity index (χ3n) is 4.78. The van der Waals surface area contributed by atoms with Crippen molar-refractivity contribution in [2.75, 3.05) is 19.5 Å². The molecular formula is C19H20N2O7. The zero-order valence-corrected chi connectivity index (χ0v) is 16.2. The summed E-state index contributed by atoms with van der Waals surface area (Å²) in [6, 6.07) is 1.59. The number of hydrogen-bond donors (Lipinski definition) is 1. The average Bonchev–Trinajstić information content (AvgIpc) is 3.14. The molecule has 0 fully saturated rings. The third-order valence-corrected chi connectivity index (χ3v) is 4.78. The Morgan fingerprint density at radius 1 is 1.21 bits per heavy atom. The van der Waals surface area contributed by atoms with Gasteiger partial charge < -0.3 is 19.5 Å². The van der Waals surface area contributed by atoms with Crippen molar-refractivity contribution in [1.82, 2.24) is 4.57 Å². The number of anilines is 1. The van der Waals surface area contributed by atoms with Crippen LogP contribution in [-0.4, -0.2) is 48.0 Å². The van der Waals surface area contributed by atoms with E-state index in [0.717, 1.165) is 0 Å². The Bertz CT molecular complexity index is 1040. The smallest absolute Gasteiger partial charge is 0.339 e. The number of hydrogen-bond acceptors (Lipinski definition) is 8. The Kier molecular flexibility index (Phi) is 4.62. The summed E-state index contributed by atoms with van der Waals surface area (Å²) < 4.78 is 16.6. The lowest BCUT2D eigenvalue weighted by atomic mass is 9.93. The quantitative estimate of drug-likeness (QED) is 0.624. The van der Waals surface area contributed by atoms with Crippen LogP contribution < -0.4 is 10.1 Å². The van der Waals surface area contributed by atoms with Crippen molar-refractivity contribution in [3.63, 3.8) is 0 Å². The predicted octanol–water partition coefficient (Wildman–Crippen LogP) is 1.91. The molecule has 0 spiro atoms. The van der Waals surface area contributed by atoms with Gasteiger partial charge in [-0.05, 0) is 6.92 Å². The van der Waals surface area contributed by atoms with Gasteiger partial charge in [-0.1, -0.05) is 0 Å². The number of rotatable bonds is 4. The Labute approximate surface area is 160 Å². The Morgan fingerprint density at radius 2 is 1.89 bits per heavy atom. The lowest BCUT2D eigenvalue weighted by Gasteiger charge is -2.20. The molecule has 1 aromatic heterocycles. The number of fused-ring (bicyclic) bond motifs is 3. The van der Waals surface area contributed by atoms with Gasteiger partial charge in [0.25, 0.3) is 0 Å². The topological polar surface area (TPSA) is 113 Å². The van der Waals surface area contributed by atoms with Gasteiger partial charge in [0.15, 0.2) is 5.54 Å². The highest BCUT2D eigenvalue weighted by Gasteiger charge is 2.51. The van der Waals surface area contributed by atoms with Crippen LogP contribution in [0.15, 0.2) is 12.3 Å². The van der Waals surface area contributed by atoms with Crippen LogP contribution in [0.4, 0.5) is 5.69 Å². The molecule has 0 saturated carbocycles. The summed E-state index contributed by atoms with van der Waals surface area (Å²) in [5, 5.41) is 3.32. The highest BCUT2D eigenvalue weighted by Crippen LogP contribution is 2.45. The van der Waals surface area contributed by atoms with Gasteiger partial charge in [0.2, 0.25) is 11.7 Å². The van der Waals surface area contributed by atoms with E-state index in [0.29, 0.717) is 27.9 Å². The molecule has 1 aliphatic heterocycles. The van der Waals surface area contributed by atoms with Crippen LogP contribution >= 0.6 is 0 Å². The van der Waals surface area contributed by atoms with Crippen LogP contribution in [0.1, 0.15) is 41.5 Å². The fourth-order valence-electron chi connectivity index (χ4n) is 3.42. The van der Waals surface area contributed by atoms with Crippen LogP contribution in [-0.2, 0) is 25.7 Å². The normalized spacial score (nSPS) is 17.8. The third kappa shape index (κ3) is 2.70. The Hall–Kier alpha value is -3.36. The van der Waals surface area contributed by atoms with E-state index in [9.17, 15) is 19.2 Å². The number of ether oxygens (including phenoxy) is 3. The van der Waals surface area contributed by atoms with Gasteiger partial charge in [-0.25, -0.2) is 4.79 Å². The number of esters is 2. The number of Topliss-reactive ketones (excluding diaryl/α,β-unsaturated/α-hetero) is 1. The molecular weight excluding hydrogens is 368 g/mol. The lowest BCUT2D eigenvalue weighted by molar-refractivity contribution is -0.143. The molecule has 9 nitrogen and oxygen atoms in total. The number of ketones is 1. The maximum atomic E-state index is 13.2.